The van der Waals surface area contributed by atoms with Gasteiger partial charge in [0, 0.05) is 44.3 Å². The van der Waals surface area contributed by atoms with Crippen molar-refractivity contribution in [2.24, 2.45) is 0 Å². The van der Waals surface area contributed by atoms with Crippen molar-refractivity contribution in [3.8, 4) is 0 Å². The van der Waals surface area contributed by atoms with Crippen LogP contribution in [0.3, 0.4) is 0 Å². The van der Waals surface area contributed by atoms with Crippen molar-refractivity contribution in [2.75, 3.05) is 19.0 Å². The van der Waals surface area contributed by atoms with Crippen molar-refractivity contribution in [1.29, 1.82) is 0 Å². The number of pyridine rings is 1. The van der Waals surface area contributed by atoms with Crippen LogP contribution in [0.2, 0.25) is 0 Å². The molecule has 0 spiro atoms. The molecule has 1 aromatic carbocycles. The van der Waals surface area contributed by atoms with Gasteiger partial charge in [-0.2, -0.15) is 0 Å². The molecule has 1 N–H and O–H groups in total. The van der Waals surface area contributed by atoms with Gasteiger partial charge in [0.2, 0.25) is 0 Å². The molecule has 0 saturated carbocycles. The molecule has 0 fully saturated rings. The van der Waals surface area contributed by atoms with E-state index < -0.39 is 0 Å². The number of hydrogen-bond acceptors (Lipinski definition) is 3. The standard InChI is InChI=1S/C15H17N3O/c1-18(2)14-7-3-6-13(9-14)15(19)17-11-12-5-4-8-16-10-12/h3-10H,11H2,1-2H3,(H,17,19). The third-order valence-electron chi connectivity index (χ3n) is 2.80. The monoisotopic (exact) mass is 255 g/mol. The summed E-state index contributed by atoms with van der Waals surface area (Å²) in [7, 11) is 3.90. The van der Waals surface area contributed by atoms with Crippen LogP contribution in [0.1, 0.15) is 15.9 Å². The second-order valence-electron chi connectivity index (χ2n) is 4.49. The summed E-state index contributed by atoms with van der Waals surface area (Å²) in [5.41, 5.74) is 2.66. The summed E-state index contributed by atoms with van der Waals surface area (Å²) in [5.74, 6) is -0.0763. The van der Waals surface area contributed by atoms with E-state index in [1.165, 1.54) is 0 Å². The zero-order valence-corrected chi connectivity index (χ0v) is 11.1. The molecule has 0 radical (unpaired) electrons. The number of rotatable bonds is 4. The van der Waals surface area contributed by atoms with Crippen LogP contribution >= 0.6 is 0 Å². The number of nitrogens with one attached hydrogen (secondary N) is 1. The first kappa shape index (κ1) is 13.1. The minimum atomic E-state index is -0.0763. The number of carbonyl (C=O) groups is 1. The first-order valence-electron chi connectivity index (χ1n) is 6.11. The summed E-state index contributed by atoms with van der Waals surface area (Å²) in [6, 6.07) is 11.3. The Morgan fingerprint density at radius 2 is 2.11 bits per heavy atom. The van der Waals surface area contributed by atoms with E-state index in [4.69, 9.17) is 0 Å². The molecule has 0 aliphatic rings. The number of carbonyl (C=O) groups excluding carboxylic acids is 1. The van der Waals surface area contributed by atoms with E-state index >= 15 is 0 Å². The predicted octanol–water partition coefficient (Wildman–Crippen LogP) is 2.08. The third kappa shape index (κ3) is 3.55. The Kier molecular flexibility index (Phi) is 4.13. The van der Waals surface area contributed by atoms with E-state index in [-0.39, 0.29) is 5.91 Å². The summed E-state index contributed by atoms with van der Waals surface area (Å²) in [6.45, 7) is 0.485. The molecule has 1 aromatic heterocycles. The lowest BCUT2D eigenvalue weighted by molar-refractivity contribution is 0.0951. The zero-order chi connectivity index (χ0) is 13.7. The topological polar surface area (TPSA) is 45.2 Å². The number of benzene rings is 1. The number of anilines is 1. The molecule has 0 bridgehead atoms. The average Bonchev–Trinajstić information content (AvgIpc) is 2.46. The highest BCUT2D eigenvalue weighted by Crippen LogP contribution is 2.13. The molecule has 0 saturated heterocycles. The number of amides is 1. The van der Waals surface area contributed by atoms with Gasteiger partial charge in [0.15, 0.2) is 0 Å². The average molecular weight is 255 g/mol. The van der Waals surface area contributed by atoms with Crippen molar-refractivity contribution in [3.05, 3.63) is 59.9 Å². The van der Waals surface area contributed by atoms with E-state index in [1.54, 1.807) is 12.4 Å². The molecule has 1 amide bonds. The maximum Gasteiger partial charge on any atom is 0.251 e. The first-order chi connectivity index (χ1) is 9.16. The predicted molar refractivity (Wildman–Crippen MR) is 76.2 cm³/mol. The van der Waals surface area contributed by atoms with Crippen molar-refractivity contribution in [2.45, 2.75) is 6.54 Å². The molecule has 0 atom stereocenters. The highest BCUT2D eigenvalue weighted by Gasteiger charge is 2.06. The normalized spacial score (nSPS) is 10.0. The molecule has 2 rings (SSSR count). The molecule has 0 aliphatic carbocycles. The zero-order valence-electron chi connectivity index (χ0n) is 11.1. The van der Waals surface area contributed by atoms with Crippen molar-refractivity contribution in [1.82, 2.24) is 10.3 Å². The van der Waals surface area contributed by atoms with E-state index in [9.17, 15) is 4.79 Å². The SMILES string of the molecule is CN(C)c1cccc(C(=O)NCc2cccnc2)c1. The van der Waals surface area contributed by atoms with Crippen molar-refractivity contribution < 1.29 is 4.79 Å². The van der Waals surface area contributed by atoms with E-state index in [2.05, 4.69) is 10.3 Å². The second-order valence-corrected chi connectivity index (χ2v) is 4.49. The lowest BCUT2D eigenvalue weighted by Gasteiger charge is -2.13. The van der Waals surface area contributed by atoms with E-state index in [0.29, 0.717) is 12.1 Å². The van der Waals surface area contributed by atoms with Gasteiger partial charge in [0.25, 0.3) is 5.91 Å². The Labute approximate surface area is 113 Å². The minimum Gasteiger partial charge on any atom is -0.378 e. The van der Waals surface area contributed by atoms with Crippen LogP contribution in [0.5, 0.6) is 0 Å². The summed E-state index contributed by atoms with van der Waals surface area (Å²) in [6.07, 6.45) is 3.46. The number of aromatic nitrogens is 1. The van der Waals surface area contributed by atoms with Crippen LogP contribution in [-0.4, -0.2) is 25.0 Å². The second kappa shape index (κ2) is 6.00. The molecule has 0 unspecified atom stereocenters. The highest BCUT2D eigenvalue weighted by atomic mass is 16.1. The van der Waals surface area contributed by atoms with Crippen LogP contribution in [0.15, 0.2) is 48.8 Å². The highest BCUT2D eigenvalue weighted by molar-refractivity contribution is 5.95. The Hall–Kier alpha value is -2.36. The molecule has 0 aliphatic heterocycles. The van der Waals surface area contributed by atoms with Crippen LogP contribution in [-0.2, 0) is 6.54 Å². The van der Waals surface area contributed by atoms with Gasteiger partial charge >= 0.3 is 0 Å². The molecule has 2 aromatic rings. The van der Waals surface area contributed by atoms with Crippen LogP contribution in [0.25, 0.3) is 0 Å². The van der Waals surface area contributed by atoms with Gasteiger partial charge in [-0.3, -0.25) is 9.78 Å². The third-order valence-corrected chi connectivity index (χ3v) is 2.80. The molecule has 19 heavy (non-hydrogen) atoms. The smallest absolute Gasteiger partial charge is 0.251 e. The molecule has 98 valence electrons. The summed E-state index contributed by atoms with van der Waals surface area (Å²) < 4.78 is 0. The van der Waals surface area contributed by atoms with Crippen LogP contribution in [0.4, 0.5) is 5.69 Å². The maximum atomic E-state index is 12.0. The largest absolute Gasteiger partial charge is 0.378 e. The molecule has 4 heteroatoms. The lowest BCUT2D eigenvalue weighted by atomic mass is 10.1. The molecular formula is C15H17N3O. The Morgan fingerprint density at radius 3 is 2.79 bits per heavy atom. The Balaban J connectivity index is 2.02. The summed E-state index contributed by atoms with van der Waals surface area (Å²) in [5, 5.41) is 2.88. The van der Waals surface area contributed by atoms with Gasteiger partial charge in [-0.25, -0.2) is 0 Å². The van der Waals surface area contributed by atoms with Gasteiger partial charge in [0.1, 0.15) is 0 Å². The molecule has 1 heterocycles. The minimum absolute atomic E-state index is 0.0763. The maximum absolute atomic E-state index is 12.0. The summed E-state index contributed by atoms with van der Waals surface area (Å²) >= 11 is 0. The van der Waals surface area contributed by atoms with Gasteiger partial charge in [0.05, 0.1) is 0 Å². The van der Waals surface area contributed by atoms with E-state index in [0.717, 1.165) is 11.3 Å². The quantitative estimate of drug-likeness (QED) is 0.909. The Bertz CT molecular complexity index is 552. The Morgan fingerprint density at radius 1 is 1.26 bits per heavy atom. The van der Waals surface area contributed by atoms with Gasteiger partial charge in [-0.1, -0.05) is 12.1 Å². The van der Waals surface area contributed by atoms with Crippen molar-refractivity contribution >= 4 is 11.6 Å². The molecular weight excluding hydrogens is 238 g/mol. The van der Waals surface area contributed by atoms with Crippen molar-refractivity contribution in [3.63, 3.8) is 0 Å². The first-order valence-corrected chi connectivity index (χ1v) is 6.11. The fraction of sp³-hybridized carbons (Fsp3) is 0.200. The van der Waals surface area contributed by atoms with Gasteiger partial charge in [-0.05, 0) is 29.8 Å². The van der Waals surface area contributed by atoms with Gasteiger partial charge in [-0.15, -0.1) is 0 Å². The number of nitrogens with zero attached hydrogens (tertiary/aromatic N) is 2. The fourth-order valence-electron chi connectivity index (χ4n) is 1.71. The van der Waals surface area contributed by atoms with Crippen LogP contribution in [0, 0.1) is 0 Å². The fourth-order valence-corrected chi connectivity index (χ4v) is 1.71. The van der Waals surface area contributed by atoms with E-state index in [1.807, 2.05) is 55.4 Å². The van der Waals surface area contributed by atoms with Crippen LogP contribution < -0.4 is 10.2 Å². The number of hydrogen-bond donors (Lipinski definition) is 1. The molecule has 4 nitrogen and oxygen atoms in total. The summed E-state index contributed by atoms with van der Waals surface area (Å²) in [4.78, 5) is 18.0. The lowest BCUT2D eigenvalue weighted by Crippen LogP contribution is -2.23. The van der Waals surface area contributed by atoms with Gasteiger partial charge < -0.3 is 10.2 Å².